The first-order valence-corrected chi connectivity index (χ1v) is 12.5. The van der Waals surface area contributed by atoms with E-state index in [1.165, 1.54) is 22.3 Å². The first-order valence-electron chi connectivity index (χ1n) is 12.5. The molecular weight excluding hydrogens is 444 g/mol. The average molecular weight is 481 g/mol. The molecular formula is C28H36N2O5. The molecule has 3 rings (SSSR count). The summed E-state index contributed by atoms with van der Waals surface area (Å²) < 4.78 is 5.58. The number of nitrogens with one attached hydrogen (secondary N) is 2. The molecule has 188 valence electrons. The van der Waals surface area contributed by atoms with Gasteiger partial charge in [-0.3, -0.25) is 9.59 Å². The van der Waals surface area contributed by atoms with Crippen LogP contribution in [0, 0.1) is 11.8 Å². The smallest absolute Gasteiger partial charge is 0.407 e. The maximum absolute atomic E-state index is 12.3. The van der Waals surface area contributed by atoms with Crippen molar-refractivity contribution in [3.8, 4) is 11.1 Å². The van der Waals surface area contributed by atoms with Crippen LogP contribution in [0.25, 0.3) is 11.1 Å². The highest BCUT2D eigenvalue weighted by atomic mass is 16.5. The van der Waals surface area contributed by atoms with E-state index in [-0.39, 0.29) is 30.9 Å². The van der Waals surface area contributed by atoms with Gasteiger partial charge in [0.15, 0.2) is 0 Å². The number of amides is 2. The fourth-order valence-electron chi connectivity index (χ4n) is 4.65. The zero-order chi connectivity index (χ0) is 25.2. The van der Waals surface area contributed by atoms with E-state index in [2.05, 4.69) is 41.8 Å². The Kier molecular flexibility index (Phi) is 9.70. The third-order valence-electron chi connectivity index (χ3n) is 6.91. The minimum Gasteiger partial charge on any atom is -0.481 e. The second-order valence-electron chi connectivity index (χ2n) is 9.10. The molecule has 0 heterocycles. The molecule has 0 aliphatic heterocycles. The minimum atomic E-state index is -0.890. The normalized spacial score (nSPS) is 13.9. The van der Waals surface area contributed by atoms with Crippen LogP contribution >= 0.6 is 0 Å². The highest BCUT2D eigenvalue weighted by Gasteiger charge is 2.29. The molecule has 0 fully saturated rings. The molecule has 0 aromatic heterocycles. The van der Waals surface area contributed by atoms with Crippen LogP contribution in [-0.4, -0.2) is 42.8 Å². The van der Waals surface area contributed by atoms with E-state index >= 15 is 0 Å². The second kappa shape index (κ2) is 12.9. The summed E-state index contributed by atoms with van der Waals surface area (Å²) in [6.07, 6.45) is 2.73. The molecule has 3 N–H and O–H groups in total. The number of aliphatic carboxylic acids is 1. The van der Waals surface area contributed by atoms with E-state index in [1.54, 1.807) is 6.92 Å². The first kappa shape index (κ1) is 26.3. The number of carboxylic acid groups (broad SMARTS) is 1. The van der Waals surface area contributed by atoms with E-state index in [9.17, 15) is 14.4 Å². The first-order chi connectivity index (χ1) is 16.9. The zero-order valence-corrected chi connectivity index (χ0v) is 20.6. The number of alkyl carbamates (subject to hydrolysis) is 1. The molecule has 2 aromatic rings. The monoisotopic (exact) mass is 480 g/mol. The SMILES string of the molecule is CCC(CCNC(=O)OCC1c2ccccc2-c2ccccc21)CCC(=O)NCC(CC)C(=O)O. The number of carboxylic acids is 1. The number of ether oxygens (including phenoxy) is 1. The van der Waals surface area contributed by atoms with Crippen LogP contribution < -0.4 is 10.6 Å². The Morgan fingerprint density at radius 2 is 1.54 bits per heavy atom. The molecule has 1 aliphatic carbocycles. The maximum Gasteiger partial charge on any atom is 0.407 e. The molecule has 2 unspecified atom stereocenters. The lowest BCUT2D eigenvalue weighted by Crippen LogP contribution is -2.33. The van der Waals surface area contributed by atoms with Gasteiger partial charge in [0.2, 0.25) is 5.91 Å². The van der Waals surface area contributed by atoms with Gasteiger partial charge in [-0.15, -0.1) is 0 Å². The summed E-state index contributed by atoms with van der Waals surface area (Å²) in [5.41, 5.74) is 4.75. The minimum absolute atomic E-state index is 0.0310. The third-order valence-corrected chi connectivity index (χ3v) is 6.91. The van der Waals surface area contributed by atoms with E-state index in [0.29, 0.717) is 25.8 Å². The van der Waals surface area contributed by atoms with Crippen molar-refractivity contribution in [3.63, 3.8) is 0 Å². The fourth-order valence-corrected chi connectivity index (χ4v) is 4.65. The molecule has 0 saturated heterocycles. The largest absolute Gasteiger partial charge is 0.481 e. The Labute approximate surface area is 207 Å². The lowest BCUT2D eigenvalue weighted by Gasteiger charge is -2.17. The van der Waals surface area contributed by atoms with Crippen molar-refractivity contribution in [1.29, 1.82) is 0 Å². The van der Waals surface area contributed by atoms with E-state index in [0.717, 1.165) is 12.8 Å². The molecule has 0 radical (unpaired) electrons. The van der Waals surface area contributed by atoms with Gasteiger partial charge in [0.25, 0.3) is 0 Å². The van der Waals surface area contributed by atoms with Gasteiger partial charge in [-0.2, -0.15) is 0 Å². The molecule has 7 nitrogen and oxygen atoms in total. The topological polar surface area (TPSA) is 105 Å². The predicted molar refractivity (Wildman–Crippen MR) is 135 cm³/mol. The number of rotatable bonds is 13. The fraction of sp³-hybridized carbons (Fsp3) is 0.464. The van der Waals surface area contributed by atoms with Gasteiger partial charge in [-0.1, -0.05) is 68.8 Å². The summed E-state index contributed by atoms with van der Waals surface area (Å²) in [6, 6.07) is 16.5. The van der Waals surface area contributed by atoms with Gasteiger partial charge in [0.1, 0.15) is 6.61 Å². The number of carbonyl (C=O) groups excluding carboxylic acids is 2. The van der Waals surface area contributed by atoms with Crippen molar-refractivity contribution >= 4 is 18.0 Å². The molecule has 35 heavy (non-hydrogen) atoms. The second-order valence-corrected chi connectivity index (χ2v) is 9.10. The highest BCUT2D eigenvalue weighted by molar-refractivity contribution is 5.79. The van der Waals surface area contributed by atoms with Crippen LogP contribution in [0.4, 0.5) is 4.79 Å². The standard InChI is InChI=1S/C28H36N2O5/c1-3-19(13-14-26(31)30-17-20(4-2)27(32)33)15-16-29-28(34)35-18-25-23-11-7-5-9-21(23)22-10-6-8-12-24(22)25/h5-12,19-20,25H,3-4,13-18H2,1-2H3,(H,29,34)(H,30,31)(H,32,33). The van der Waals surface area contributed by atoms with Gasteiger partial charge in [-0.25, -0.2) is 4.79 Å². The van der Waals surface area contributed by atoms with Crippen molar-refractivity contribution in [2.24, 2.45) is 11.8 Å². The highest BCUT2D eigenvalue weighted by Crippen LogP contribution is 2.44. The molecule has 2 amide bonds. The van der Waals surface area contributed by atoms with Crippen molar-refractivity contribution in [2.45, 2.75) is 51.9 Å². The average Bonchev–Trinajstić information content (AvgIpc) is 3.18. The lowest BCUT2D eigenvalue weighted by atomic mass is 9.96. The molecule has 0 saturated carbocycles. The van der Waals surface area contributed by atoms with E-state index in [4.69, 9.17) is 9.84 Å². The van der Waals surface area contributed by atoms with Crippen LogP contribution in [0.15, 0.2) is 48.5 Å². The van der Waals surface area contributed by atoms with Gasteiger partial charge < -0.3 is 20.5 Å². The van der Waals surface area contributed by atoms with Crippen LogP contribution in [0.5, 0.6) is 0 Å². The molecule has 0 bridgehead atoms. The maximum atomic E-state index is 12.3. The van der Waals surface area contributed by atoms with Gasteiger partial charge in [-0.05, 0) is 47.4 Å². The number of fused-ring (bicyclic) bond motifs is 3. The number of carbonyl (C=O) groups is 3. The summed E-state index contributed by atoms with van der Waals surface area (Å²) in [4.78, 5) is 35.5. The Morgan fingerprint density at radius 1 is 0.914 bits per heavy atom. The van der Waals surface area contributed by atoms with Crippen molar-refractivity contribution in [1.82, 2.24) is 10.6 Å². The Hall–Kier alpha value is -3.35. The molecule has 1 aliphatic rings. The predicted octanol–water partition coefficient (Wildman–Crippen LogP) is 4.95. The number of hydrogen-bond acceptors (Lipinski definition) is 4. The summed E-state index contributed by atoms with van der Waals surface area (Å²) in [6.45, 7) is 4.78. The Bertz CT molecular complexity index is 976. The van der Waals surface area contributed by atoms with Crippen molar-refractivity contribution in [3.05, 3.63) is 59.7 Å². The van der Waals surface area contributed by atoms with Gasteiger partial charge in [0, 0.05) is 25.4 Å². The van der Waals surface area contributed by atoms with Gasteiger partial charge in [0.05, 0.1) is 5.92 Å². The third kappa shape index (κ3) is 7.07. The quantitative estimate of drug-likeness (QED) is 0.376. The summed E-state index contributed by atoms with van der Waals surface area (Å²) >= 11 is 0. The molecule has 7 heteroatoms. The van der Waals surface area contributed by atoms with E-state index < -0.39 is 18.0 Å². The van der Waals surface area contributed by atoms with Crippen molar-refractivity contribution < 1.29 is 24.2 Å². The summed E-state index contributed by atoms with van der Waals surface area (Å²) in [5, 5.41) is 14.6. The number of benzene rings is 2. The molecule has 2 atom stereocenters. The lowest BCUT2D eigenvalue weighted by molar-refractivity contribution is -0.141. The Morgan fingerprint density at radius 3 is 2.11 bits per heavy atom. The number of hydrogen-bond donors (Lipinski definition) is 3. The molecule has 0 spiro atoms. The van der Waals surface area contributed by atoms with Crippen molar-refractivity contribution in [2.75, 3.05) is 19.7 Å². The van der Waals surface area contributed by atoms with E-state index in [1.807, 2.05) is 24.3 Å². The van der Waals surface area contributed by atoms with Crippen LogP contribution in [0.2, 0.25) is 0 Å². The summed E-state index contributed by atoms with van der Waals surface area (Å²) in [5.74, 6) is -1.26. The molecule has 2 aromatic carbocycles. The van der Waals surface area contributed by atoms with Gasteiger partial charge >= 0.3 is 12.1 Å². The summed E-state index contributed by atoms with van der Waals surface area (Å²) in [7, 11) is 0. The Balaban J connectivity index is 1.38. The van der Waals surface area contributed by atoms with Crippen LogP contribution in [-0.2, 0) is 14.3 Å². The van der Waals surface area contributed by atoms with Crippen LogP contribution in [0.3, 0.4) is 0 Å². The zero-order valence-electron chi connectivity index (χ0n) is 20.6. The van der Waals surface area contributed by atoms with Crippen LogP contribution in [0.1, 0.15) is 63.0 Å².